The Morgan fingerprint density at radius 2 is 1.97 bits per heavy atom. The summed E-state index contributed by atoms with van der Waals surface area (Å²) in [5.74, 6) is -0.120. The van der Waals surface area contributed by atoms with Crippen molar-refractivity contribution in [2.24, 2.45) is 10.9 Å². The number of halogens is 2. The number of hydrogen-bond acceptors (Lipinski definition) is 5. The fourth-order valence-corrected chi connectivity index (χ4v) is 5.66. The highest BCUT2D eigenvalue weighted by Gasteiger charge is 2.48. The van der Waals surface area contributed by atoms with Gasteiger partial charge in [-0.25, -0.2) is 4.79 Å². The first kappa shape index (κ1) is 21.5. The van der Waals surface area contributed by atoms with Gasteiger partial charge < -0.3 is 9.64 Å². The number of amidine groups is 1. The van der Waals surface area contributed by atoms with E-state index in [1.807, 2.05) is 37.3 Å². The molecule has 1 aliphatic carbocycles. The number of hydrogen-bond donors (Lipinski definition) is 0. The van der Waals surface area contributed by atoms with Crippen molar-refractivity contribution in [3.05, 3.63) is 68.2 Å². The molecule has 0 spiro atoms. The summed E-state index contributed by atoms with van der Waals surface area (Å²) in [6.07, 6.45) is 5.78. The molecule has 3 aliphatic rings. The number of benzene rings is 1. The summed E-state index contributed by atoms with van der Waals surface area (Å²) >= 11 is 13.8. The molecule has 2 heterocycles. The van der Waals surface area contributed by atoms with E-state index >= 15 is 0 Å². The Kier molecular flexibility index (Phi) is 6.33. The second kappa shape index (κ2) is 8.81. The van der Waals surface area contributed by atoms with Crippen molar-refractivity contribution in [1.82, 2.24) is 4.90 Å². The molecule has 0 amide bonds. The first-order valence-corrected chi connectivity index (χ1v) is 11.7. The van der Waals surface area contributed by atoms with Gasteiger partial charge in [-0.15, -0.1) is 0 Å². The average molecular weight is 463 g/mol. The summed E-state index contributed by atoms with van der Waals surface area (Å²) in [6.45, 7) is 6.40. The fourth-order valence-electron chi connectivity index (χ4n) is 4.14. The molecule has 158 valence electrons. The van der Waals surface area contributed by atoms with Crippen LogP contribution in [0.2, 0.25) is 5.02 Å². The van der Waals surface area contributed by atoms with Gasteiger partial charge in [-0.3, -0.25) is 4.99 Å². The molecular formula is C23H24Cl2N2O2S. The summed E-state index contributed by atoms with van der Waals surface area (Å²) in [5.41, 5.74) is 3.36. The molecule has 0 saturated carbocycles. The van der Waals surface area contributed by atoms with Crippen LogP contribution in [0.4, 0.5) is 0 Å². The van der Waals surface area contributed by atoms with Gasteiger partial charge in [0.2, 0.25) is 0 Å². The standard InChI is InChI=1S/C23H24Cl2N2O2S/c1-4-29-22(28)21-19(13(2)3)27-20(15-7-11-17(25)12-8-15)18(26-23(27)30-21)14-5-9-16(24)10-6-14/h5-7,9-11,13,18,20H,4,8,12H2,1-3H3/t18?,20-/m1/s1. The molecule has 2 aliphatic heterocycles. The third-order valence-corrected chi connectivity index (χ3v) is 7.08. The summed E-state index contributed by atoms with van der Waals surface area (Å²) in [6, 6.07) is 7.81. The minimum atomic E-state index is -0.273. The monoisotopic (exact) mass is 462 g/mol. The third-order valence-electron chi connectivity index (χ3n) is 5.45. The molecule has 7 heteroatoms. The van der Waals surface area contributed by atoms with Crippen molar-refractivity contribution < 1.29 is 9.53 Å². The predicted molar refractivity (Wildman–Crippen MR) is 125 cm³/mol. The van der Waals surface area contributed by atoms with E-state index in [1.165, 1.54) is 17.3 Å². The van der Waals surface area contributed by atoms with Crippen LogP contribution in [0.25, 0.3) is 0 Å². The van der Waals surface area contributed by atoms with E-state index in [2.05, 4.69) is 24.8 Å². The smallest absolute Gasteiger partial charge is 0.346 e. The Bertz CT molecular complexity index is 979. The van der Waals surface area contributed by atoms with Crippen molar-refractivity contribution in [3.8, 4) is 0 Å². The van der Waals surface area contributed by atoms with E-state index in [0.29, 0.717) is 16.5 Å². The van der Waals surface area contributed by atoms with E-state index in [0.717, 1.165) is 34.3 Å². The molecule has 0 radical (unpaired) electrons. The van der Waals surface area contributed by atoms with Crippen molar-refractivity contribution in [1.29, 1.82) is 0 Å². The highest BCUT2D eigenvalue weighted by molar-refractivity contribution is 8.18. The number of nitrogens with zero attached hydrogens (tertiary/aromatic N) is 2. The number of carbonyl (C=O) groups excluding carboxylic acids is 1. The number of rotatable bonds is 5. The molecule has 0 saturated heterocycles. The van der Waals surface area contributed by atoms with Crippen LogP contribution in [-0.2, 0) is 9.53 Å². The number of allylic oxidation sites excluding steroid dienone is 4. The lowest BCUT2D eigenvalue weighted by molar-refractivity contribution is -0.137. The zero-order valence-electron chi connectivity index (χ0n) is 17.2. The van der Waals surface area contributed by atoms with E-state index in [1.54, 1.807) is 0 Å². The van der Waals surface area contributed by atoms with Gasteiger partial charge in [0.25, 0.3) is 0 Å². The zero-order chi connectivity index (χ0) is 21.4. The molecule has 30 heavy (non-hydrogen) atoms. The highest BCUT2D eigenvalue weighted by atomic mass is 35.5. The first-order chi connectivity index (χ1) is 14.4. The molecule has 1 aromatic carbocycles. The van der Waals surface area contributed by atoms with Gasteiger partial charge in [0.1, 0.15) is 10.9 Å². The molecule has 0 fully saturated rings. The van der Waals surface area contributed by atoms with Gasteiger partial charge in [-0.2, -0.15) is 0 Å². The SMILES string of the molecule is CCOC(=O)C1=C(C(C)C)N2C(=NC(c3ccc(Cl)cc3)[C@H]2C2=CC=C(Cl)CC2)S1. The Morgan fingerprint density at radius 1 is 1.23 bits per heavy atom. The van der Waals surface area contributed by atoms with Crippen molar-refractivity contribution in [2.75, 3.05) is 6.61 Å². The van der Waals surface area contributed by atoms with Crippen LogP contribution in [0.1, 0.15) is 45.2 Å². The average Bonchev–Trinajstić information content (AvgIpc) is 3.26. The van der Waals surface area contributed by atoms with E-state index in [9.17, 15) is 4.79 Å². The van der Waals surface area contributed by atoms with Gasteiger partial charge in [0.15, 0.2) is 5.17 Å². The Labute approximate surface area is 191 Å². The van der Waals surface area contributed by atoms with Crippen molar-refractivity contribution in [2.45, 2.75) is 45.7 Å². The van der Waals surface area contributed by atoms with E-state index in [-0.39, 0.29) is 24.0 Å². The maximum Gasteiger partial charge on any atom is 0.346 e. The normalized spacial score (nSPS) is 23.4. The molecular weight excluding hydrogens is 439 g/mol. The number of fused-ring (bicyclic) bond motifs is 1. The van der Waals surface area contributed by atoms with Crippen LogP contribution in [0.3, 0.4) is 0 Å². The van der Waals surface area contributed by atoms with Gasteiger partial charge >= 0.3 is 5.97 Å². The Hall–Kier alpha value is -1.69. The Balaban J connectivity index is 1.80. The molecule has 1 aromatic rings. The number of esters is 1. The minimum Gasteiger partial charge on any atom is -0.462 e. The lowest BCUT2D eigenvalue weighted by atomic mass is 9.88. The summed E-state index contributed by atoms with van der Waals surface area (Å²) in [5, 5.41) is 2.42. The van der Waals surface area contributed by atoms with E-state index in [4.69, 9.17) is 32.9 Å². The van der Waals surface area contributed by atoms with Crippen LogP contribution in [0.15, 0.2) is 62.6 Å². The largest absolute Gasteiger partial charge is 0.462 e. The number of carbonyl (C=O) groups is 1. The van der Waals surface area contributed by atoms with Crippen LogP contribution in [0.5, 0.6) is 0 Å². The Morgan fingerprint density at radius 3 is 2.57 bits per heavy atom. The lowest BCUT2D eigenvalue weighted by Gasteiger charge is -2.33. The number of thioether (sulfide) groups is 1. The van der Waals surface area contributed by atoms with Gasteiger partial charge in [0, 0.05) is 15.8 Å². The number of aliphatic imine (C=N–C) groups is 1. The molecule has 0 N–H and O–H groups in total. The van der Waals surface area contributed by atoms with Crippen LogP contribution in [-0.4, -0.2) is 28.7 Å². The van der Waals surface area contributed by atoms with Crippen LogP contribution >= 0.6 is 35.0 Å². The van der Waals surface area contributed by atoms with Crippen LogP contribution in [0, 0.1) is 5.92 Å². The fraction of sp³-hybridized carbons (Fsp3) is 0.391. The third kappa shape index (κ3) is 3.95. The van der Waals surface area contributed by atoms with Gasteiger partial charge in [-0.05, 0) is 66.8 Å². The topological polar surface area (TPSA) is 41.9 Å². The summed E-state index contributed by atoms with van der Waals surface area (Å²) in [7, 11) is 0. The second-order valence-electron chi connectivity index (χ2n) is 7.77. The lowest BCUT2D eigenvalue weighted by Crippen LogP contribution is -2.37. The summed E-state index contributed by atoms with van der Waals surface area (Å²) < 4.78 is 5.34. The van der Waals surface area contributed by atoms with Crippen LogP contribution < -0.4 is 0 Å². The van der Waals surface area contributed by atoms with Crippen molar-refractivity contribution in [3.63, 3.8) is 0 Å². The summed E-state index contributed by atoms with van der Waals surface area (Å²) in [4.78, 5) is 20.6. The maximum absolute atomic E-state index is 12.7. The van der Waals surface area contributed by atoms with Crippen molar-refractivity contribution >= 4 is 46.1 Å². The second-order valence-corrected chi connectivity index (χ2v) is 9.67. The van der Waals surface area contributed by atoms with E-state index < -0.39 is 0 Å². The molecule has 2 atom stereocenters. The first-order valence-electron chi connectivity index (χ1n) is 10.2. The quantitative estimate of drug-likeness (QED) is 0.471. The van der Waals surface area contributed by atoms with Gasteiger partial charge in [0.05, 0.1) is 12.6 Å². The minimum absolute atomic E-state index is 0.000909. The number of ether oxygens (including phenoxy) is 1. The molecule has 0 bridgehead atoms. The molecule has 1 unspecified atom stereocenters. The maximum atomic E-state index is 12.7. The molecule has 4 rings (SSSR count). The molecule has 0 aromatic heterocycles. The molecule has 4 nitrogen and oxygen atoms in total. The zero-order valence-corrected chi connectivity index (χ0v) is 19.5. The van der Waals surface area contributed by atoms with Gasteiger partial charge in [-0.1, -0.05) is 55.3 Å². The predicted octanol–water partition coefficient (Wildman–Crippen LogP) is 6.44. The highest BCUT2D eigenvalue weighted by Crippen LogP contribution is 2.50.